The van der Waals surface area contributed by atoms with E-state index in [-0.39, 0.29) is 11.1 Å². The molecule has 0 aromatic carbocycles. The Balaban J connectivity index is 2.02. The molecule has 2 aromatic heterocycles. The zero-order chi connectivity index (χ0) is 13.1. The topological polar surface area (TPSA) is 106 Å². The summed E-state index contributed by atoms with van der Waals surface area (Å²) in [5.41, 5.74) is 5.47. The normalized spacial score (nSPS) is 10.4. The van der Waals surface area contributed by atoms with Gasteiger partial charge in [-0.15, -0.1) is 0 Å². The number of nitrogens with one attached hydrogen (secondary N) is 1. The molecule has 2 rings (SSSR count). The molecule has 2 aromatic rings. The highest BCUT2D eigenvalue weighted by Gasteiger charge is 2.08. The molecule has 0 saturated heterocycles. The second-order valence-corrected chi connectivity index (χ2v) is 4.06. The average Bonchev–Trinajstić information content (AvgIpc) is 2.73. The summed E-state index contributed by atoms with van der Waals surface area (Å²) in [6, 6.07) is 1.56. The van der Waals surface area contributed by atoms with E-state index in [0.29, 0.717) is 24.2 Å². The second kappa shape index (κ2) is 5.05. The first-order valence-electron chi connectivity index (χ1n) is 5.08. The molecule has 9 heteroatoms. The predicted octanol–water partition coefficient (Wildman–Crippen LogP) is 0.773. The fourth-order valence-corrected chi connectivity index (χ4v) is 1.38. The summed E-state index contributed by atoms with van der Waals surface area (Å²) in [5, 5.41) is 7.01. The highest BCUT2D eigenvalue weighted by atomic mass is 35.5. The highest BCUT2D eigenvalue weighted by Crippen LogP contribution is 2.13. The lowest BCUT2D eigenvalue weighted by molar-refractivity contribution is 0.383. The third-order valence-electron chi connectivity index (χ3n) is 1.99. The first-order chi connectivity index (χ1) is 8.54. The van der Waals surface area contributed by atoms with Gasteiger partial charge < -0.3 is 20.5 Å². The van der Waals surface area contributed by atoms with Gasteiger partial charge in [-0.25, -0.2) is 4.98 Å². The van der Waals surface area contributed by atoms with E-state index in [1.54, 1.807) is 11.0 Å². The molecule has 0 aliphatic rings. The van der Waals surface area contributed by atoms with Crippen LogP contribution in [0.2, 0.25) is 5.15 Å². The van der Waals surface area contributed by atoms with Crippen LogP contribution in [-0.2, 0) is 6.54 Å². The summed E-state index contributed by atoms with van der Waals surface area (Å²) < 4.78 is 5.04. The maximum Gasteiger partial charge on any atom is 0.265 e. The fraction of sp³-hybridized carbons (Fsp3) is 0.333. The Morgan fingerprint density at radius 1 is 1.39 bits per heavy atom. The molecule has 8 nitrogen and oxygen atoms in total. The first kappa shape index (κ1) is 12.4. The molecule has 0 saturated carbocycles. The van der Waals surface area contributed by atoms with Gasteiger partial charge in [0.25, 0.3) is 5.95 Å². The van der Waals surface area contributed by atoms with Crippen LogP contribution in [0.15, 0.2) is 10.6 Å². The summed E-state index contributed by atoms with van der Waals surface area (Å²) >= 11 is 5.75. The number of hydrogen-bond acceptors (Lipinski definition) is 8. The van der Waals surface area contributed by atoms with Crippen molar-refractivity contribution in [2.24, 2.45) is 0 Å². The third-order valence-corrected chi connectivity index (χ3v) is 2.18. The van der Waals surface area contributed by atoms with Crippen molar-refractivity contribution in [3.05, 3.63) is 17.1 Å². The van der Waals surface area contributed by atoms with Crippen LogP contribution in [0, 0.1) is 0 Å². The van der Waals surface area contributed by atoms with Crippen LogP contribution in [0.5, 0.6) is 0 Å². The van der Waals surface area contributed by atoms with Gasteiger partial charge in [-0.3, -0.25) is 0 Å². The van der Waals surface area contributed by atoms with Crippen LogP contribution in [0.4, 0.5) is 17.7 Å². The fourth-order valence-electron chi connectivity index (χ4n) is 1.19. The summed E-state index contributed by atoms with van der Waals surface area (Å²) in [6.45, 7) is 0.327. The van der Waals surface area contributed by atoms with E-state index in [0.717, 1.165) is 0 Å². The summed E-state index contributed by atoms with van der Waals surface area (Å²) in [5.74, 6) is 1.54. The van der Waals surface area contributed by atoms with Crippen molar-refractivity contribution in [1.29, 1.82) is 0 Å². The van der Waals surface area contributed by atoms with Crippen molar-refractivity contribution in [2.45, 2.75) is 6.54 Å². The Labute approximate surface area is 108 Å². The number of hydrogen-bond donors (Lipinski definition) is 2. The smallest absolute Gasteiger partial charge is 0.265 e. The van der Waals surface area contributed by atoms with Gasteiger partial charge in [0.2, 0.25) is 11.8 Å². The molecule has 0 unspecified atom stereocenters. The lowest BCUT2D eigenvalue weighted by atomic mass is 10.5. The number of halogens is 1. The van der Waals surface area contributed by atoms with Crippen molar-refractivity contribution in [3.63, 3.8) is 0 Å². The molecular weight excluding hydrogens is 258 g/mol. The molecular formula is C9H12ClN7O. The van der Waals surface area contributed by atoms with E-state index < -0.39 is 0 Å². The maximum absolute atomic E-state index is 5.75. The van der Waals surface area contributed by atoms with Gasteiger partial charge in [-0.05, 0) is 5.16 Å². The van der Waals surface area contributed by atoms with E-state index in [9.17, 15) is 0 Å². The number of nitrogens with zero attached hydrogens (tertiary/aromatic N) is 5. The zero-order valence-electron chi connectivity index (χ0n) is 9.88. The van der Waals surface area contributed by atoms with Gasteiger partial charge in [0.05, 0.1) is 6.54 Å². The van der Waals surface area contributed by atoms with E-state index in [2.05, 4.69) is 25.4 Å². The molecule has 0 fully saturated rings. The molecule has 0 aliphatic carbocycles. The van der Waals surface area contributed by atoms with Gasteiger partial charge in [0, 0.05) is 20.2 Å². The van der Waals surface area contributed by atoms with Crippen LogP contribution in [0.25, 0.3) is 0 Å². The van der Waals surface area contributed by atoms with Gasteiger partial charge in [-0.2, -0.15) is 9.97 Å². The maximum atomic E-state index is 5.75. The molecule has 3 N–H and O–H groups in total. The molecule has 0 aliphatic heterocycles. The number of nitrogen functional groups attached to an aromatic ring is 1. The van der Waals surface area contributed by atoms with Gasteiger partial charge in [-0.1, -0.05) is 11.6 Å². The van der Waals surface area contributed by atoms with Crippen LogP contribution in [-0.4, -0.2) is 34.2 Å². The van der Waals surface area contributed by atoms with E-state index in [1.165, 1.54) is 0 Å². The molecule has 0 spiro atoms. The minimum Gasteiger partial charge on any atom is -0.368 e. The summed E-state index contributed by atoms with van der Waals surface area (Å²) in [7, 11) is 3.65. The van der Waals surface area contributed by atoms with Gasteiger partial charge >= 0.3 is 0 Å². The summed E-state index contributed by atoms with van der Waals surface area (Å²) in [4.78, 5) is 13.6. The van der Waals surface area contributed by atoms with Crippen LogP contribution in [0.1, 0.15) is 5.89 Å². The standard InChI is InChI=1S/C9H12ClN7O/c1-17(2)9-15-7(18-16-9)4-12-6-3-5(10)13-8(11)14-6/h3H,4H2,1-2H3,(H3,11,12,13,14). The first-order valence-corrected chi connectivity index (χ1v) is 5.46. The molecule has 0 radical (unpaired) electrons. The minimum atomic E-state index is 0.101. The Morgan fingerprint density at radius 3 is 2.78 bits per heavy atom. The Hall–Kier alpha value is -2.09. The van der Waals surface area contributed by atoms with Crippen molar-refractivity contribution in [3.8, 4) is 0 Å². The van der Waals surface area contributed by atoms with Crippen LogP contribution >= 0.6 is 11.6 Å². The quantitative estimate of drug-likeness (QED) is 0.784. The Morgan fingerprint density at radius 2 is 2.17 bits per heavy atom. The van der Waals surface area contributed by atoms with E-state index in [4.69, 9.17) is 21.9 Å². The third kappa shape index (κ3) is 2.98. The predicted molar refractivity (Wildman–Crippen MR) is 67.4 cm³/mol. The van der Waals surface area contributed by atoms with E-state index in [1.807, 2.05) is 14.1 Å². The number of rotatable bonds is 4. The van der Waals surface area contributed by atoms with Crippen molar-refractivity contribution in [2.75, 3.05) is 30.0 Å². The molecule has 0 atom stereocenters. The van der Waals surface area contributed by atoms with Crippen molar-refractivity contribution >= 4 is 29.3 Å². The van der Waals surface area contributed by atoms with Crippen molar-refractivity contribution < 1.29 is 4.52 Å². The lowest BCUT2D eigenvalue weighted by Gasteiger charge is -2.04. The second-order valence-electron chi connectivity index (χ2n) is 3.67. The number of aromatic nitrogens is 4. The van der Waals surface area contributed by atoms with Gasteiger partial charge in [0.15, 0.2) is 0 Å². The zero-order valence-corrected chi connectivity index (χ0v) is 10.6. The Kier molecular flexibility index (Phi) is 3.47. The van der Waals surface area contributed by atoms with E-state index >= 15 is 0 Å². The molecule has 0 amide bonds. The lowest BCUT2D eigenvalue weighted by Crippen LogP contribution is -2.10. The van der Waals surface area contributed by atoms with Crippen molar-refractivity contribution in [1.82, 2.24) is 20.1 Å². The molecule has 18 heavy (non-hydrogen) atoms. The molecule has 2 heterocycles. The largest absolute Gasteiger partial charge is 0.368 e. The van der Waals surface area contributed by atoms with Crippen LogP contribution in [0.3, 0.4) is 0 Å². The number of anilines is 3. The molecule has 96 valence electrons. The monoisotopic (exact) mass is 269 g/mol. The number of nitrogens with two attached hydrogens (primary N) is 1. The summed E-state index contributed by atoms with van der Waals surface area (Å²) in [6.07, 6.45) is 0. The Bertz CT molecular complexity index is 521. The van der Waals surface area contributed by atoms with Crippen LogP contribution < -0.4 is 16.0 Å². The highest BCUT2D eigenvalue weighted by molar-refractivity contribution is 6.29. The van der Waals surface area contributed by atoms with Gasteiger partial charge in [0.1, 0.15) is 11.0 Å². The molecule has 0 bridgehead atoms. The average molecular weight is 270 g/mol. The SMILES string of the molecule is CN(C)c1noc(CNc2cc(Cl)nc(N)n2)n1. The minimum absolute atomic E-state index is 0.101.